The number of carboxylic acid groups (broad SMARTS) is 1. The first-order valence-electron chi connectivity index (χ1n) is 5.48. The van der Waals surface area contributed by atoms with Gasteiger partial charge in [-0.25, -0.2) is 0 Å². The SMILES string of the molecule is CCC(CC)(C(=O)O)C1CCOCC1. The minimum Gasteiger partial charge on any atom is -0.481 e. The molecule has 3 nitrogen and oxygen atoms in total. The van der Waals surface area contributed by atoms with Gasteiger partial charge in [0.15, 0.2) is 0 Å². The fourth-order valence-corrected chi connectivity index (χ4v) is 2.55. The zero-order valence-electron chi connectivity index (χ0n) is 9.08. The van der Waals surface area contributed by atoms with Crippen LogP contribution in [0.25, 0.3) is 0 Å². The lowest BCUT2D eigenvalue weighted by Gasteiger charge is -2.37. The van der Waals surface area contributed by atoms with Crippen molar-refractivity contribution < 1.29 is 14.6 Å². The molecule has 0 aliphatic carbocycles. The third-order valence-corrected chi connectivity index (χ3v) is 3.69. The number of aliphatic carboxylic acids is 1. The van der Waals surface area contributed by atoms with Crippen LogP contribution in [-0.2, 0) is 9.53 Å². The van der Waals surface area contributed by atoms with Crippen molar-refractivity contribution in [2.45, 2.75) is 39.5 Å². The summed E-state index contributed by atoms with van der Waals surface area (Å²) in [6.07, 6.45) is 3.24. The van der Waals surface area contributed by atoms with Gasteiger partial charge in [0.1, 0.15) is 0 Å². The molecule has 1 N–H and O–H groups in total. The Hall–Kier alpha value is -0.570. The first-order valence-corrected chi connectivity index (χ1v) is 5.48. The Morgan fingerprint density at radius 1 is 1.36 bits per heavy atom. The van der Waals surface area contributed by atoms with E-state index in [0.717, 1.165) is 38.9 Å². The van der Waals surface area contributed by atoms with E-state index in [4.69, 9.17) is 4.74 Å². The van der Waals surface area contributed by atoms with Gasteiger partial charge in [-0.15, -0.1) is 0 Å². The molecule has 1 aliphatic heterocycles. The maximum atomic E-state index is 11.3. The zero-order chi connectivity index (χ0) is 10.6. The molecule has 14 heavy (non-hydrogen) atoms. The summed E-state index contributed by atoms with van der Waals surface area (Å²) < 4.78 is 5.27. The van der Waals surface area contributed by atoms with Crippen LogP contribution in [0.3, 0.4) is 0 Å². The van der Waals surface area contributed by atoms with Crippen molar-refractivity contribution in [2.24, 2.45) is 11.3 Å². The normalized spacial score (nSPS) is 19.6. The van der Waals surface area contributed by atoms with Crippen LogP contribution in [0.5, 0.6) is 0 Å². The van der Waals surface area contributed by atoms with Crippen LogP contribution in [-0.4, -0.2) is 24.3 Å². The Morgan fingerprint density at radius 2 is 1.86 bits per heavy atom. The van der Waals surface area contributed by atoms with E-state index in [1.807, 2.05) is 13.8 Å². The van der Waals surface area contributed by atoms with Crippen molar-refractivity contribution in [1.29, 1.82) is 0 Å². The molecule has 1 fully saturated rings. The van der Waals surface area contributed by atoms with Gasteiger partial charge in [0.05, 0.1) is 5.41 Å². The molecule has 0 spiro atoms. The number of ether oxygens (including phenoxy) is 1. The second-order valence-corrected chi connectivity index (χ2v) is 4.06. The standard InChI is InChI=1S/C11H20O3/c1-3-11(4-2,10(12)13)9-5-7-14-8-6-9/h9H,3-8H2,1-2H3,(H,12,13). The van der Waals surface area contributed by atoms with Crippen LogP contribution < -0.4 is 0 Å². The summed E-state index contributed by atoms with van der Waals surface area (Å²) in [4.78, 5) is 11.3. The van der Waals surface area contributed by atoms with E-state index in [1.165, 1.54) is 0 Å². The topological polar surface area (TPSA) is 46.5 Å². The molecule has 0 radical (unpaired) electrons. The van der Waals surface area contributed by atoms with E-state index < -0.39 is 11.4 Å². The number of hydrogen-bond acceptors (Lipinski definition) is 2. The molecule has 0 amide bonds. The molecule has 1 heterocycles. The summed E-state index contributed by atoms with van der Waals surface area (Å²) in [6, 6.07) is 0. The molecular weight excluding hydrogens is 180 g/mol. The van der Waals surface area contributed by atoms with Crippen LogP contribution in [0.15, 0.2) is 0 Å². The van der Waals surface area contributed by atoms with Crippen LogP contribution >= 0.6 is 0 Å². The molecule has 1 aliphatic rings. The molecule has 1 rings (SSSR count). The first kappa shape index (κ1) is 11.5. The lowest BCUT2D eigenvalue weighted by atomic mass is 9.68. The van der Waals surface area contributed by atoms with E-state index >= 15 is 0 Å². The van der Waals surface area contributed by atoms with Crippen molar-refractivity contribution in [3.63, 3.8) is 0 Å². The van der Waals surface area contributed by atoms with Gasteiger partial charge in [0, 0.05) is 13.2 Å². The highest BCUT2D eigenvalue weighted by atomic mass is 16.5. The highest BCUT2D eigenvalue weighted by molar-refractivity contribution is 5.75. The summed E-state index contributed by atoms with van der Waals surface area (Å²) in [7, 11) is 0. The Balaban J connectivity index is 2.78. The van der Waals surface area contributed by atoms with E-state index in [-0.39, 0.29) is 0 Å². The molecular formula is C11H20O3. The summed E-state index contributed by atoms with van der Waals surface area (Å²) in [5, 5.41) is 9.34. The van der Waals surface area contributed by atoms with Crippen molar-refractivity contribution >= 4 is 5.97 Å². The molecule has 1 saturated heterocycles. The molecule has 3 heteroatoms. The van der Waals surface area contributed by atoms with Gasteiger partial charge in [-0.1, -0.05) is 13.8 Å². The van der Waals surface area contributed by atoms with Crippen molar-refractivity contribution in [3.8, 4) is 0 Å². The smallest absolute Gasteiger partial charge is 0.309 e. The largest absolute Gasteiger partial charge is 0.481 e. The van der Waals surface area contributed by atoms with Gasteiger partial charge >= 0.3 is 5.97 Å². The van der Waals surface area contributed by atoms with E-state index in [2.05, 4.69) is 0 Å². The van der Waals surface area contributed by atoms with Crippen molar-refractivity contribution in [2.75, 3.05) is 13.2 Å². The quantitative estimate of drug-likeness (QED) is 0.757. The Morgan fingerprint density at radius 3 is 2.21 bits per heavy atom. The lowest BCUT2D eigenvalue weighted by Crippen LogP contribution is -2.40. The number of carboxylic acids is 1. The monoisotopic (exact) mass is 200 g/mol. The number of hydrogen-bond donors (Lipinski definition) is 1. The molecule has 0 aromatic rings. The summed E-state index contributed by atoms with van der Waals surface area (Å²) in [6.45, 7) is 5.40. The van der Waals surface area contributed by atoms with Gasteiger partial charge in [-0.2, -0.15) is 0 Å². The lowest BCUT2D eigenvalue weighted by molar-refractivity contribution is -0.156. The minimum absolute atomic E-state index is 0.295. The van der Waals surface area contributed by atoms with Crippen molar-refractivity contribution in [1.82, 2.24) is 0 Å². The molecule has 0 aromatic heterocycles. The van der Waals surface area contributed by atoms with E-state index in [9.17, 15) is 9.90 Å². The highest BCUT2D eigenvalue weighted by Crippen LogP contribution is 2.41. The van der Waals surface area contributed by atoms with Gasteiger partial charge in [-0.3, -0.25) is 4.79 Å². The number of rotatable bonds is 4. The molecule has 82 valence electrons. The second-order valence-electron chi connectivity index (χ2n) is 4.06. The van der Waals surface area contributed by atoms with E-state index in [0.29, 0.717) is 5.92 Å². The maximum Gasteiger partial charge on any atom is 0.309 e. The third-order valence-electron chi connectivity index (χ3n) is 3.69. The van der Waals surface area contributed by atoms with Gasteiger partial charge in [-0.05, 0) is 31.6 Å². The zero-order valence-corrected chi connectivity index (χ0v) is 9.08. The van der Waals surface area contributed by atoms with Crippen LogP contribution in [0.2, 0.25) is 0 Å². The van der Waals surface area contributed by atoms with Gasteiger partial charge in [0.25, 0.3) is 0 Å². The predicted molar refractivity (Wildman–Crippen MR) is 54.2 cm³/mol. The molecule has 0 unspecified atom stereocenters. The fourth-order valence-electron chi connectivity index (χ4n) is 2.55. The van der Waals surface area contributed by atoms with E-state index in [1.54, 1.807) is 0 Å². The average molecular weight is 200 g/mol. The summed E-state index contributed by atoms with van der Waals surface area (Å²) in [5.74, 6) is -0.335. The van der Waals surface area contributed by atoms with Gasteiger partial charge in [0.2, 0.25) is 0 Å². The Bertz CT molecular complexity index is 191. The molecule has 0 bridgehead atoms. The first-order chi connectivity index (χ1) is 6.67. The molecule has 0 saturated carbocycles. The molecule has 0 atom stereocenters. The van der Waals surface area contributed by atoms with Crippen molar-refractivity contribution in [3.05, 3.63) is 0 Å². The molecule has 0 aromatic carbocycles. The number of carbonyl (C=O) groups is 1. The fraction of sp³-hybridized carbons (Fsp3) is 0.909. The van der Waals surface area contributed by atoms with Crippen LogP contribution in [0.4, 0.5) is 0 Å². The third kappa shape index (κ3) is 1.92. The average Bonchev–Trinajstić information content (AvgIpc) is 2.22. The van der Waals surface area contributed by atoms with Crippen LogP contribution in [0.1, 0.15) is 39.5 Å². The summed E-state index contributed by atoms with van der Waals surface area (Å²) >= 11 is 0. The second kappa shape index (κ2) is 4.78. The summed E-state index contributed by atoms with van der Waals surface area (Å²) in [5.41, 5.74) is -0.510. The van der Waals surface area contributed by atoms with Crippen LogP contribution in [0, 0.1) is 11.3 Å². The predicted octanol–water partition coefficient (Wildman–Crippen LogP) is 2.30. The maximum absolute atomic E-state index is 11.3. The highest BCUT2D eigenvalue weighted by Gasteiger charge is 2.42. The van der Waals surface area contributed by atoms with Gasteiger partial charge < -0.3 is 9.84 Å². The minimum atomic E-state index is -0.630. The Labute approximate surface area is 85.5 Å². The Kier molecular flexibility index (Phi) is 3.93.